The summed E-state index contributed by atoms with van der Waals surface area (Å²) in [5.41, 5.74) is 7.49. The molecule has 0 radical (unpaired) electrons. The Labute approximate surface area is 389 Å². The van der Waals surface area contributed by atoms with Crippen LogP contribution in [0.15, 0.2) is 60.8 Å². The Morgan fingerprint density at radius 2 is 1.83 bits per heavy atom. The summed E-state index contributed by atoms with van der Waals surface area (Å²) in [5, 5.41) is 4.21. The number of rotatable bonds is 10. The largest absolute Gasteiger partial charge is 0.465 e. The van der Waals surface area contributed by atoms with Crippen LogP contribution in [0.4, 0.5) is 0 Å². The molecule has 5 unspecified atom stereocenters. The number of fused-ring (bicyclic) bond motifs is 6. The first kappa shape index (κ1) is 48.1. The first-order valence-corrected chi connectivity index (χ1v) is 23.5. The fraction of sp³-hybridized carbons (Fsp3) is 0.509. The van der Waals surface area contributed by atoms with Crippen LogP contribution in [0.2, 0.25) is 0 Å². The first-order chi connectivity index (χ1) is 31.6. The summed E-state index contributed by atoms with van der Waals surface area (Å²) >= 11 is 0. The topological polar surface area (TPSA) is 143 Å². The van der Waals surface area contributed by atoms with Crippen LogP contribution in [0, 0.1) is 35.0 Å². The molecule has 3 aliphatic rings. The number of hydrogen-bond acceptors (Lipinski definition) is 9. The fourth-order valence-electron chi connectivity index (χ4n) is 10.3. The van der Waals surface area contributed by atoms with E-state index in [0.717, 1.165) is 50.1 Å². The molecule has 2 aromatic carbocycles. The van der Waals surface area contributed by atoms with Gasteiger partial charge in [-0.05, 0) is 104 Å². The minimum atomic E-state index is -0.971. The van der Waals surface area contributed by atoms with Crippen LogP contribution in [-0.4, -0.2) is 120 Å². The summed E-state index contributed by atoms with van der Waals surface area (Å²) in [6.07, 6.45) is 4.75. The molecule has 2 fully saturated rings. The molecule has 3 aliphatic heterocycles. The molecule has 5 heterocycles. The minimum absolute atomic E-state index is 0.147. The molecule has 0 saturated carbocycles. The molecule has 0 aliphatic carbocycles. The quantitative estimate of drug-likeness (QED) is 0.107. The highest BCUT2D eigenvalue weighted by atomic mass is 16.5. The van der Waals surface area contributed by atoms with Gasteiger partial charge in [-0.2, -0.15) is 0 Å². The lowest BCUT2D eigenvalue weighted by atomic mass is 9.84. The van der Waals surface area contributed by atoms with Gasteiger partial charge in [-0.3, -0.25) is 33.9 Å². The second kappa shape index (κ2) is 20.8. The maximum Gasteiger partial charge on any atom is 0.310 e. The number of amides is 3. The predicted molar refractivity (Wildman–Crippen MR) is 255 cm³/mol. The van der Waals surface area contributed by atoms with Gasteiger partial charge in [-0.1, -0.05) is 63.9 Å². The van der Waals surface area contributed by atoms with Gasteiger partial charge >= 0.3 is 5.97 Å². The lowest BCUT2D eigenvalue weighted by molar-refractivity contribution is -0.155. The van der Waals surface area contributed by atoms with Crippen molar-refractivity contribution >= 4 is 40.9 Å². The molecule has 13 nitrogen and oxygen atoms in total. The Bertz CT molecular complexity index is 2520. The van der Waals surface area contributed by atoms with E-state index in [-0.39, 0.29) is 55.3 Å². The summed E-state index contributed by atoms with van der Waals surface area (Å²) in [4.78, 5) is 78.1. The highest BCUT2D eigenvalue weighted by molar-refractivity contribution is 5.96. The average molecular weight is 899 g/mol. The summed E-state index contributed by atoms with van der Waals surface area (Å²) in [6, 6.07) is 16.9. The zero-order valence-corrected chi connectivity index (χ0v) is 39.9. The SMILES string of the molecule is CCn1c(-c2cccnc2C(C)OC)c2c3cc(ccc31)-c1cccc(c1)CC(NC(=O)C(C(C)C)N(C)C(=O)C1CCN(CC#CC=O)C1)C(=O)N1CCCC(C1)C(=O)OCC(C)(C)C2. The van der Waals surface area contributed by atoms with E-state index in [1.165, 1.54) is 4.90 Å². The number of cyclic esters (lactones) is 1. The van der Waals surface area contributed by atoms with Crippen LogP contribution in [0.1, 0.15) is 83.7 Å². The number of aryl methyl sites for hydroxylation is 1. The molecule has 7 rings (SSSR count). The van der Waals surface area contributed by atoms with E-state index >= 15 is 0 Å². The molecule has 350 valence electrons. The third-order valence-corrected chi connectivity index (χ3v) is 13.7. The van der Waals surface area contributed by atoms with Crippen molar-refractivity contribution in [1.82, 2.24) is 29.6 Å². The Kier molecular flexibility index (Phi) is 15.1. The number of nitrogens with zero attached hydrogens (tertiary/aromatic N) is 5. The Morgan fingerprint density at radius 3 is 2.58 bits per heavy atom. The number of ether oxygens (including phenoxy) is 2. The van der Waals surface area contributed by atoms with Crippen molar-refractivity contribution < 1.29 is 33.4 Å². The van der Waals surface area contributed by atoms with Gasteiger partial charge in [0.1, 0.15) is 12.1 Å². The molecule has 13 heteroatoms. The number of esters is 1. The maximum atomic E-state index is 14.8. The lowest BCUT2D eigenvalue weighted by Gasteiger charge is -2.36. The van der Waals surface area contributed by atoms with Gasteiger partial charge < -0.3 is 29.2 Å². The van der Waals surface area contributed by atoms with E-state index in [2.05, 4.69) is 78.9 Å². The number of piperidine rings is 1. The molecule has 2 aromatic heterocycles. The van der Waals surface area contributed by atoms with E-state index in [1.807, 2.05) is 43.9 Å². The summed E-state index contributed by atoms with van der Waals surface area (Å²) in [5.74, 6) is 2.97. The first-order valence-electron chi connectivity index (χ1n) is 23.5. The van der Waals surface area contributed by atoms with Crippen LogP contribution >= 0.6 is 0 Å². The molecular weight excluding hydrogens is 833 g/mol. The number of benzene rings is 2. The van der Waals surface area contributed by atoms with Gasteiger partial charge in [0.25, 0.3) is 0 Å². The molecule has 66 heavy (non-hydrogen) atoms. The number of methoxy groups -OCH3 is 1. The Morgan fingerprint density at radius 1 is 1.05 bits per heavy atom. The third kappa shape index (κ3) is 10.4. The zero-order chi connectivity index (χ0) is 47.3. The van der Waals surface area contributed by atoms with Gasteiger partial charge in [0.15, 0.2) is 6.29 Å². The van der Waals surface area contributed by atoms with Gasteiger partial charge in [-0.15, -0.1) is 0 Å². The van der Waals surface area contributed by atoms with Crippen LogP contribution in [0.5, 0.6) is 0 Å². The van der Waals surface area contributed by atoms with Crippen molar-refractivity contribution in [2.75, 3.05) is 53.5 Å². The predicted octanol–water partition coefficient (Wildman–Crippen LogP) is 6.50. The number of carbonyl (C=O) groups is 5. The fourth-order valence-corrected chi connectivity index (χ4v) is 10.3. The van der Waals surface area contributed by atoms with Gasteiger partial charge in [0.05, 0.1) is 42.5 Å². The van der Waals surface area contributed by atoms with Crippen molar-refractivity contribution in [3.8, 4) is 34.2 Å². The molecule has 4 aromatic rings. The lowest BCUT2D eigenvalue weighted by Crippen LogP contribution is -2.58. The van der Waals surface area contributed by atoms with Crippen LogP contribution < -0.4 is 5.32 Å². The highest BCUT2D eigenvalue weighted by Crippen LogP contribution is 2.42. The number of pyridine rings is 1. The van der Waals surface area contributed by atoms with Gasteiger partial charge in [0.2, 0.25) is 17.7 Å². The summed E-state index contributed by atoms with van der Waals surface area (Å²) in [6.45, 7) is 15.3. The normalized spacial score (nSPS) is 21.0. The second-order valence-corrected chi connectivity index (χ2v) is 19.5. The number of hydrogen-bond donors (Lipinski definition) is 1. The number of likely N-dealkylation sites (tertiary alicyclic amines) is 1. The molecule has 5 atom stereocenters. The number of nitrogens with one attached hydrogen (secondary N) is 1. The number of carbonyl (C=O) groups excluding carboxylic acids is 5. The van der Waals surface area contributed by atoms with Crippen molar-refractivity contribution in [3.05, 3.63) is 77.6 Å². The molecular formula is C53H66N6O7. The monoisotopic (exact) mass is 898 g/mol. The molecule has 6 bridgehead atoms. The maximum absolute atomic E-state index is 14.8. The van der Waals surface area contributed by atoms with Gasteiger partial charge in [0, 0.05) is 74.8 Å². The summed E-state index contributed by atoms with van der Waals surface area (Å²) in [7, 11) is 3.36. The second-order valence-electron chi connectivity index (χ2n) is 19.5. The van der Waals surface area contributed by atoms with Crippen molar-refractivity contribution in [2.24, 2.45) is 23.2 Å². The molecule has 2 saturated heterocycles. The smallest absolute Gasteiger partial charge is 0.310 e. The Hall–Kier alpha value is -5.84. The highest BCUT2D eigenvalue weighted by Gasteiger charge is 2.40. The van der Waals surface area contributed by atoms with E-state index < -0.39 is 29.3 Å². The van der Waals surface area contributed by atoms with E-state index in [4.69, 9.17) is 14.5 Å². The van der Waals surface area contributed by atoms with E-state index in [9.17, 15) is 24.0 Å². The van der Waals surface area contributed by atoms with Crippen LogP contribution in [0.25, 0.3) is 33.3 Å². The molecule has 0 spiro atoms. The van der Waals surface area contributed by atoms with Crippen LogP contribution in [0.3, 0.4) is 0 Å². The number of aldehydes is 1. The van der Waals surface area contributed by atoms with E-state index in [0.29, 0.717) is 64.7 Å². The standard InChI is InChI=1S/C53H66N6O7/c1-9-59-45-20-19-38-29-42(45)43(48(59)41-18-13-22-54-46(41)35(4)65-8)30-53(5,6)33-66-52(64)40-17-14-24-58(32-40)51(63)44(28-36-15-12-16-37(38)27-36)55-49(61)47(34(2)3)56(7)50(62)39-21-25-57(31-39)23-10-11-26-60/h12-13,15-16,18-20,22,26-27,29,34-35,39-40,44,47H,9,14,17,21,23-25,28,30-33H2,1-8H3,(H,55,61). The number of aromatic nitrogens is 2. The Balaban J connectivity index is 1.27. The van der Waals surface area contributed by atoms with E-state index in [1.54, 1.807) is 25.3 Å². The number of likely N-dealkylation sites (N-methyl/N-ethyl adjacent to an activating group) is 1. The van der Waals surface area contributed by atoms with Crippen molar-refractivity contribution in [1.29, 1.82) is 0 Å². The van der Waals surface area contributed by atoms with Crippen molar-refractivity contribution in [2.45, 2.75) is 98.4 Å². The molecule has 1 N–H and O–H groups in total. The van der Waals surface area contributed by atoms with Gasteiger partial charge in [-0.25, -0.2) is 0 Å². The third-order valence-electron chi connectivity index (χ3n) is 13.7. The minimum Gasteiger partial charge on any atom is -0.465 e. The average Bonchev–Trinajstić information content (AvgIpc) is 3.91. The molecule has 3 amide bonds. The van der Waals surface area contributed by atoms with Crippen LogP contribution in [-0.2, 0) is 52.8 Å². The summed E-state index contributed by atoms with van der Waals surface area (Å²) < 4.78 is 14.4. The van der Waals surface area contributed by atoms with Crippen molar-refractivity contribution in [3.63, 3.8) is 0 Å². The zero-order valence-electron chi connectivity index (χ0n) is 39.9.